The number of aromatic nitrogens is 3. The summed E-state index contributed by atoms with van der Waals surface area (Å²) in [5.74, 6) is -7.02. The van der Waals surface area contributed by atoms with Gasteiger partial charge >= 0.3 is 6.09 Å². The van der Waals surface area contributed by atoms with Crippen molar-refractivity contribution >= 4 is 29.4 Å². The number of imide groups is 1. The number of carbonyl (C=O) groups is 2. The number of carbonyl (C=O) groups excluding carboxylic acids is 2. The van der Waals surface area contributed by atoms with E-state index in [1.807, 2.05) is 0 Å². The highest BCUT2D eigenvalue weighted by Gasteiger charge is 2.47. The van der Waals surface area contributed by atoms with E-state index in [9.17, 15) is 32.4 Å². The van der Waals surface area contributed by atoms with E-state index in [1.165, 1.54) is 34.7 Å². The third-order valence-corrected chi connectivity index (χ3v) is 7.11. The summed E-state index contributed by atoms with van der Waals surface area (Å²) in [6.45, 7) is 5.77. The number of hydrogen-bond donors (Lipinski definition) is 0. The van der Waals surface area contributed by atoms with Gasteiger partial charge in [0.2, 0.25) is 5.28 Å². The highest BCUT2D eigenvalue weighted by atomic mass is 35.5. The maximum atomic E-state index is 15.0. The van der Waals surface area contributed by atoms with Crippen LogP contribution in [-0.2, 0) is 16.1 Å². The predicted octanol–water partition coefficient (Wildman–Crippen LogP) is 5.28. The van der Waals surface area contributed by atoms with Gasteiger partial charge in [0, 0.05) is 37.7 Å². The molecule has 2 amide bonds. The minimum Gasteiger partial charge on any atom is -0.619 e. The zero-order valence-electron chi connectivity index (χ0n) is 23.4. The Hall–Kier alpha value is -3.71. The minimum atomic E-state index is -3.10. The molecule has 4 rings (SSSR count). The molecule has 0 bridgehead atoms. The first-order chi connectivity index (χ1) is 19.5. The number of piperidine rings is 1. The molecule has 1 aliphatic rings. The SMILES string of the molecule is CC(C(=O)N(C(=O)OC(C)(C)C)c1cn(Cc2cc(F)cc(F)c2)c(Cl)n1)N1CCC(F)(F)[C@@H](c2cc[n+]([O-])cc2)C1. The van der Waals surface area contributed by atoms with Gasteiger partial charge in [-0.15, -0.1) is 0 Å². The molecule has 0 radical (unpaired) electrons. The Morgan fingerprint density at radius 2 is 1.83 bits per heavy atom. The molecule has 1 saturated heterocycles. The van der Waals surface area contributed by atoms with Gasteiger partial charge in [0.05, 0.1) is 24.7 Å². The summed E-state index contributed by atoms with van der Waals surface area (Å²) in [7, 11) is 0. The second kappa shape index (κ2) is 11.9. The number of hydrogen-bond acceptors (Lipinski definition) is 6. The lowest BCUT2D eigenvalue weighted by Gasteiger charge is -2.41. The Morgan fingerprint density at radius 3 is 2.43 bits per heavy atom. The van der Waals surface area contributed by atoms with Gasteiger partial charge in [-0.2, -0.15) is 14.6 Å². The van der Waals surface area contributed by atoms with Crippen LogP contribution in [0, 0.1) is 16.8 Å². The standard InChI is InChI=1S/C28H30ClF4N5O4/c1-17(35-10-7-28(32,33)22(15-35)19-5-8-37(41)9-6-19)24(39)38(26(40)42-27(2,3)4)23-16-36(25(29)34-23)14-18-11-20(30)13-21(31)12-18/h5-6,8-9,11-13,16-17,22H,7,10,14-15H2,1-4H3/t17?,22-/m1/s1. The minimum absolute atomic E-state index is 0.129. The Balaban J connectivity index is 1.63. The predicted molar refractivity (Wildman–Crippen MR) is 145 cm³/mol. The van der Waals surface area contributed by atoms with Gasteiger partial charge in [-0.05, 0) is 62.6 Å². The van der Waals surface area contributed by atoms with Crippen LogP contribution in [0.25, 0.3) is 0 Å². The Kier molecular flexibility index (Phi) is 8.84. The fourth-order valence-corrected chi connectivity index (χ4v) is 4.92. The molecule has 226 valence electrons. The summed E-state index contributed by atoms with van der Waals surface area (Å²) in [5.41, 5.74) is -0.556. The number of halogens is 5. The van der Waals surface area contributed by atoms with Gasteiger partial charge < -0.3 is 14.5 Å². The number of anilines is 1. The number of amides is 2. The number of benzene rings is 1. The maximum Gasteiger partial charge on any atom is 0.423 e. The van der Waals surface area contributed by atoms with Crippen LogP contribution in [-0.4, -0.2) is 57.1 Å². The van der Waals surface area contributed by atoms with Crippen LogP contribution in [0.15, 0.2) is 48.9 Å². The van der Waals surface area contributed by atoms with Gasteiger partial charge in [0.15, 0.2) is 18.2 Å². The second-order valence-corrected chi connectivity index (χ2v) is 11.5. The normalized spacial score (nSPS) is 18.0. The van der Waals surface area contributed by atoms with Crippen LogP contribution in [0.3, 0.4) is 0 Å². The van der Waals surface area contributed by atoms with Gasteiger partial charge in [-0.3, -0.25) is 9.69 Å². The van der Waals surface area contributed by atoms with Crippen molar-refractivity contribution in [2.24, 2.45) is 0 Å². The monoisotopic (exact) mass is 611 g/mol. The third kappa shape index (κ3) is 7.19. The maximum absolute atomic E-state index is 15.0. The quantitative estimate of drug-likeness (QED) is 0.214. The van der Waals surface area contributed by atoms with Gasteiger partial charge in [0.1, 0.15) is 17.2 Å². The van der Waals surface area contributed by atoms with E-state index in [4.69, 9.17) is 16.3 Å². The lowest BCUT2D eigenvalue weighted by Crippen LogP contribution is -2.55. The first-order valence-electron chi connectivity index (χ1n) is 13.1. The lowest BCUT2D eigenvalue weighted by molar-refractivity contribution is -0.605. The zero-order chi connectivity index (χ0) is 31.0. The molecule has 0 N–H and O–H groups in total. The van der Waals surface area contributed by atoms with E-state index in [0.717, 1.165) is 24.5 Å². The van der Waals surface area contributed by atoms with Crippen molar-refractivity contribution in [3.05, 3.63) is 82.2 Å². The van der Waals surface area contributed by atoms with Crippen LogP contribution in [0.4, 0.5) is 28.2 Å². The fraction of sp³-hybridized carbons (Fsp3) is 0.429. The van der Waals surface area contributed by atoms with E-state index >= 15 is 0 Å². The Labute approximate surface area is 244 Å². The second-order valence-electron chi connectivity index (χ2n) is 11.2. The van der Waals surface area contributed by atoms with Crippen LogP contribution in [0.2, 0.25) is 5.28 Å². The van der Waals surface area contributed by atoms with Crippen LogP contribution in [0.1, 0.15) is 51.2 Å². The average Bonchev–Trinajstić information content (AvgIpc) is 3.21. The summed E-state index contributed by atoms with van der Waals surface area (Å²) in [6, 6.07) is 4.47. The van der Waals surface area contributed by atoms with Crippen molar-refractivity contribution in [1.29, 1.82) is 0 Å². The summed E-state index contributed by atoms with van der Waals surface area (Å²) in [6.07, 6.45) is 1.88. The number of ether oxygens (including phenoxy) is 1. The zero-order valence-corrected chi connectivity index (χ0v) is 24.1. The van der Waals surface area contributed by atoms with Gasteiger partial charge in [-0.1, -0.05) is 0 Å². The van der Waals surface area contributed by atoms with Crippen LogP contribution < -0.4 is 9.63 Å². The number of rotatable bonds is 6. The van der Waals surface area contributed by atoms with E-state index < -0.39 is 53.5 Å². The van der Waals surface area contributed by atoms with Crippen LogP contribution >= 0.6 is 11.6 Å². The molecule has 3 heterocycles. The summed E-state index contributed by atoms with van der Waals surface area (Å²) < 4.78 is 64.6. The highest BCUT2D eigenvalue weighted by Crippen LogP contribution is 2.41. The molecular formula is C28H30ClF4N5O4. The molecule has 9 nitrogen and oxygen atoms in total. The molecular weight excluding hydrogens is 582 g/mol. The number of nitrogens with zero attached hydrogens (tertiary/aromatic N) is 5. The van der Waals surface area contributed by atoms with Crippen molar-refractivity contribution < 1.29 is 36.6 Å². The molecule has 0 aliphatic carbocycles. The van der Waals surface area contributed by atoms with Crippen molar-refractivity contribution in [3.63, 3.8) is 0 Å². The molecule has 3 aromatic rings. The van der Waals surface area contributed by atoms with Crippen molar-refractivity contribution in [1.82, 2.24) is 14.5 Å². The number of alkyl halides is 2. The van der Waals surface area contributed by atoms with Crippen molar-refractivity contribution in [2.75, 3.05) is 18.0 Å². The lowest BCUT2D eigenvalue weighted by atomic mass is 9.87. The third-order valence-electron chi connectivity index (χ3n) is 6.81. The van der Waals surface area contributed by atoms with Gasteiger partial charge in [-0.25, -0.2) is 22.4 Å². The molecule has 2 aromatic heterocycles. The largest absolute Gasteiger partial charge is 0.619 e. The number of imidazole rings is 1. The van der Waals surface area contributed by atoms with E-state index in [0.29, 0.717) is 15.7 Å². The van der Waals surface area contributed by atoms with Crippen molar-refractivity contribution in [2.45, 2.75) is 64.1 Å². The molecule has 1 aliphatic heterocycles. The highest BCUT2D eigenvalue weighted by molar-refractivity contribution is 6.29. The number of pyridine rings is 1. The molecule has 42 heavy (non-hydrogen) atoms. The smallest absolute Gasteiger partial charge is 0.423 e. The fourth-order valence-electron chi connectivity index (χ4n) is 4.73. The molecule has 0 saturated carbocycles. The van der Waals surface area contributed by atoms with Crippen molar-refractivity contribution in [3.8, 4) is 0 Å². The molecule has 1 aromatic carbocycles. The Morgan fingerprint density at radius 1 is 1.21 bits per heavy atom. The molecule has 2 atom stereocenters. The number of likely N-dealkylation sites (tertiary alicyclic amines) is 1. The van der Waals surface area contributed by atoms with E-state index in [-0.39, 0.29) is 41.9 Å². The Bertz CT molecular complexity index is 1440. The average molecular weight is 612 g/mol. The summed E-state index contributed by atoms with van der Waals surface area (Å²) in [4.78, 5) is 33.5. The molecule has 1 unspecified atom stereocenters. The van der Waals surface area contributed by atoms with Gasteiger partial charge in [0.25, 0.3) is 11.8 Å². The van der Waals surface area contributed by atoms with E-state index in [1.54, 1.807) is 20.8 Å². The topological polar surface area (TPSA) is 94.6 Å². The first kappa shape index (κ1) is 31.2. The molecule has 0 spiro atoms. The summed E-state index contributed by atoms with van der Waals surface area (Å²) in [5, 5.41) is 11.3. The van der Waals surface area contributed by atoms with E-state index in [2.05, 4.69) is 4.98 Å². The van der Waals surface area contributed by atoms with Crippen LogP contribution in [0.5, 0.6) is 0 Å². The first-order valence-corrected chi connectivity index (χ1v) is 13.5. The molecule has 1 fully saturated rings. The molecule has 14 heteroatoms. The summed E-state index contributed by atoms with van der Waals surface area (Å²) >= 11 is 6.28.